The quantitative estimate of drug-likeness (QED) is 0.835. The predicted octanol–water partition coefficient (Wildman–Crippen LogP) is 2.87. The van der Waals surface area contributed by atoms with Crippen LogP contribution in [0.25, 0.3) is 0 Å². The van der Waals surface area contributed by atoms with Gasteiger partial charge in [-0.1, -0.05) is 31.2 Å². The second kappa shape index (κ2) is 6.91. The zero-order chi connectivity index (χ0) is 12.8. The van der Waals surface area contributed by atoms with Crippen molar-refractivity contribution in [3.63, 3.8) is 0 Å². The highest BCUT2D eigenvalue weighted by atomic mass is 14.9. The van der Waals surface area contributed by atoms with E-state index in [9.17, 15) is 0 Å². The Morgan fingerprint density at radius 3 is 2.67 bits per heavy atom. The zero-order valence-corrected chi connectivity index (χ0v) is 11.7. The Kier molecular flexibility index (Phi) is 5.21. The van der Waals surface area contributed by atoms with Gasteiger partial charge in [0, 0.05) is 13.1 Å². The van der Waals surface area contributed by atoms with E-state index < -0.39 is 0 Å². The predicted molar refractivity (Wildman–Crippen MR) is 78.2 cm³/mol. The molecule has 1 aliphatic rings. The van der Waals surface area contributed by atoms with Crippen molar-refractivity contribution in [2.75, 3.05) is 26.7 Å². The van der Waals surface area contributed by atoms with E-state index in [1.807, 2.05) is 7.05 Å². The van der Waals surface area contributed by atoms with Gasteiger partial charge in [-0.15, -0.1) is 0 Å². The van der Waals surface area contributed by atoms with Crippen LogP contribution >= 0.6 is 0 Å². The highest BCUT2D eigenvalue weighted by Gasteiger charge is 2.15. The minimum Gasteiger partial charge on any atom is -0.319 e. The molecule has 0 radical (unpaired) electrons. The summed E-state index contributed by atoms with van der Waals surface area (Å²) in [5, 5.41) is 6.78. The summed E-state index contributed by atoms with van der Waals surface area (Å²) in [6.07, 6.45) is 3.84. The fraction of sp³-hybridized carbons (Fsp3) is 0.625. The molecular weight excluding hydrogens is 220 g/mol. The second-order valence-corrected chi connectivity index (χ2v) is 5.37. The number of nitrogens with one attached hydrogen (secondary N) is 2. The summed E-state index contributed by atoms with van der Waals surface area (Å²) in [4.78, 5) is 0. The van der Waals surface area contributed by atoms with Gasteiger partial charge in [0.15, 0.2) is 0 Å². The molecule has 100 valence electrons. The molecule has 0 saturated carbocycles. The van der Waals surface area contributed by atoms with E-state index in [-0.39, 0.29) is 0 Å². The molecule has 2 nitrogen and oxygen atoms in total. The number of hydrogen-bond donors (Lipinski definition) is 2. The zero-order valence-electron chi connectivity index (χ0n) is 11.7. The first-order valence-electron chi connectivity index (χ1n) is 7.30. The molecule has 18 heavy (non-hydrogen) atoms. The molecule has 0 bridgehead atoms. The topological polar surface area (TPSA) is 24.1 Å². The maximum Gasteiger partial charge on any atom is 0.00201 e. The van der Waals surface area contributed by atoms with E-state index in [0.717, 1.165) is 19.0 Å². The lowest BCUT2D eigenvalue weighted by Crippen LogP contribution is -2.28. The van der Waals surface area contributed by atoms with E-state index in [4.69, 9.17) is 0 Å². The summed E-state index contributed by atoms with van der Waals surface area (Å²) in [6.45, 7) is 5.67. The van der Waals surface area contributed by atoms with Gasteiger partial charge in [-0.3, -0.25) is 0 Å². The average Bonchev–Trinajstić information content (AvgIpc) is 2.46. The highest BCUT2D eigenvalue weighted by molar-refractivity contribution is 5.28. The summed E-state index contributed by atoms with van der Waals surface area (Å²) in [7, 11) is 2.03. The number of rotatable bonds is 5. The summed E-state index contributed by atoms with van der Waals surface area (Å²) >= 11 is 0. The number of hydrogen-bond acceptors (Lipinski definition) is 2. The molecule has 0 aliphatic carbocycles. The summed E-state index contributed by atoms with van der Waals surface area (Å²) < 4.78 is 0. The molecule has 1 fully saturated rings. The Balaban J connectivity index is 2.03. The van der Waals surface area contributed by atoms with Gasteiger partial charge in [0.25, 0.3) is 0 Å². The molecule has 1 heterocycles. The van der Waals surface area contributed by atoms with Gasteiger partial charge < -0.3 is 10.6 Å². The van der Waals surface area contributed by atoms with Gasteiger partial charge in [-0.25, -0.2) is 0 Å². The molecule has 1 saturated heterocycles. The first-order valence-corrected chi connectivity index (χ1v) is 7.30. The molecule has 0 spiro atoms. The van der Waals surface area contributed by atoms with E-state index >= 15 is 0 Å². The fourth-order valence-corrected chi connectivity index (χ4v) is 2.92. The molecule has 2 atom stereocenters. The Morgan fingerprint density at radius 1 is 1.33 bits per heavy atom. The van der Waals surface area contributed by atoms with Crippen LogP contribution in [0, 0.1) is 0 Å². The number of benzene rings is 1. The number of likely N-dealkylation sites (N-methyl/N-ethyl adjacent to an activating group) is 1. The summed E-state index contributed by atoms with van der Waals surface area (Å²) in [6, 6.07) is 9.33. The molecule has 2 heteroatoms. The van der Waals surface area contributed by atoms with Gasteiger partial charge in [0.2, 0.25) is 0 Å². The standard InChI is InChI=1S/C16H26N2/c1-3-13(11-17-2)14-6-8-15(9-7-14)16-5-4-10-18-12-16/h6-9,13,16-18H,3-5,10-12H2,1-2H3. The van der Waals surface area contributed by atoms with E-state index in [2.05, 4.69) is 41.8 Å². The monoisotopic (exact) mass is 246 g/mol. The maximum absolute atomic E-state index is 3.49. The molecule has 0 aromatic heterocycles. The third-order valence-corrected chi connectivity index (χ3v) is 4.12. The van der Waals surface area contributed by atoms with Crippen LogP contribution in [0.1, 0.15) is 49.1 Å². The SMILES string of the molecule is CCC(CNC)c1ccc(C2CCCNC2)cc1. The maximum atomic E-state index is 3.49. The van der Waals surface area contributed by atoms with Crippen molar-refractivity contribution in [3.05, 3.63) is 35.4 Å². The second-order valence-electron chi connectivity index (χ2n) is 5.37. The average molecular weight is 246 g/mol. The normalized spacial score (nSPS) is 21.8. The number of piperidine rings is 1. The summed E-state index contributed by atoms with van der Waals surface area (Å²) in [5.41, 5.74) is 2.98. The van der Waals surface area contributed by atoms with Crippen LogP contribution in [0.5, 0.6) is 0 Å². The molecule has 2 N–H and O–H groups in total. The first kappa shape index (κ1) is 13.6. The van der Waals surface area contributed by atoms with Crippen LogP contribution in [0.15, 0.2) is 24.3 Å². The largest absolute Gasteiger partial charge is 0.319 e. The van der Waals surface area contributed by atoms with Gasteiger partial charge in [0.1, 0.15) is 0 Å². The van der Waals surface area contributed by atoms with Crippen molar-refractivity contribution < 1.29 is 0 Å². The molecule has 2 unspecified atom stereocenters. The Bertz CT molecular complexity index is 315. The van der Waals surface area contributed by atoms with Crippen molar-refractivity contribution in [3.8, 4) is 0 Å². The molecule has 1 aliphatic heterocycles. The Hall–Kier alpha value is -0.860. The van der Waals surface area contributed by atoms with Crippen molar-refractivity contribution >= 4 is 0 Å². The van der Waals surface area contributed by atoms with Gasteiger partial charge >= 0.3 is 0 Å². The smallest absolute Gasteiger partial charge is 0.00201 e. The molecular formula is C16H26N2. The van der Waals surface area contributed by atoms with Crippen molar-refractivity contribution in [2.45, 2.75) is 38.0 Å². The van der Waals surface area contributed by atoms with Crippen molar-refractivity contribution in [2.24, 2.45) is 0 Å². The third kappa shape index (κ3) is 3.33. The van der Waals surface area contributed by atoms with Crippen LogP contribution in [-0.4, -0.2) is 26.7 Å². The molecule has 1 aromatic carbocycles. The molecule has 1 aromatic rings. The van der Waals surface area contributed by atoms with Crippen LogP contribution in [0.3, 0.4) is 0 Å². The van der Waals surface area contributed by atoms with Crippen molar-refractivity contribution in [1.82, 2.24) is 10.6 Å². The van der Waals surface area contributed by atoms with Crippen molar-refractivity contribution in [1.29, 1.82) is 0 Å². The van der Waals surface area contributed by atoms with Gasteiger partial charge in [-0.05, 0) is 55.8 Å². The highest BCUT2D eigenvalue weighted by Crippen LogP contribution is 2.26. The minimum atomic E-state index is 0.647. The van der Waals surface area contributed by atoms with E-state index in [1.54, 1.807) is 0 Å². The third-order valence-electron chi connectivity index (χ3n) is 4.12. The Morgan fingerprint density at radius 2 is 2.11 bits per heavy atom. The van der Waals surface area contributed by atoms with Crippen LogP contribution in [0.4, 0.5) is 0 Å². The Labute approximate surface area is 111 Å². The minimum absolute atomic E-state index is 0.647. The lowest BCUT2D eigenvalue weighted by molar-refractivity contribution is 0.461. The van der Waals surface area contributed by atoms with Gasteiger partial charge in [-0.2, -0.15) is 0 Å². The molecule has 2 rings (SSSR count). The fourth-order valence-electron chi connectivity index (χ4n) is 2.92. The lowest BCUT2D eigenvalue weighted by Gasteiger charge is -2.24. The van der Waals surface area contributed by atoms with E-state index in [0.29, 0.717) is 5.92 Å². The van der Waals surface area contributed by atoms with Crippen LogP contribution in [0.2, 0.25) is 0 Å². The first-order chi connectivity index (χ1) is 8.85. The lowest BCUT2D eigenvalue weighted by atomic mass is 9.89. The summed E-state index contributed by atoms with van der Waals surface area (Å²) in [5.74, 6) is 1.37. The van der Waals surface area contributed by atoms with Gasteiger partial charge in [0.05, 0.1) is 0 Å². The van der Waals surface area contributed by atoms with Crippen LogP contribution in [-0.2, 0) is 0 Å². The van der Waals surface area contributed by atoms with E-state index in [1.165, 1.54) is 36.9 Å². The van der Waals surface area contributed by atoms with Crippen LogP contribution < -0.4 is 10.6 Å². The molecule has 0 amide bonds.